The third-order valence-corrected chi connectivity index (χ3v) is 3.39. The van der Waals surface area contributed by atoms with Crippen LogP contribution in [0.5, 0.6) is 0 Å². The van der Waals surface area contributed by atoms with E-state index < -0.39 is 0 Å². The quantitative estimate of drug-likeness (QED) is 0.759. The second-order valence-corrected chi connectivity index (χ2v) is 5.24. The van der Waals surface area contributed by atoms with Crippen molar-refractivity contribution in [3.8, 4) is 12.3 Å². The Balaban J connectivity index is 2.86. The summed E-state index contributed by atoms with van der Waals surface area (Å²) in [5, 5.41) is 4.28. The van der Waals surface area contributed by atoms with Crippen molar-refractivity contribution in [3.05, 3.63) is 33.3 Å². The number of benzene rings is 1. The van der Waals surface area contributed by atoms with E-state index >= 15 is 0 Å². The van der Waals surface area contributed by atoms with Crippen LogP contribution in [0.15, 0.2) is 22.7 Å². The van der Waals surface area contributed by atoms with Gasteiger partial charge in [-0.05, 0) is 43.1 Å². The summed E-state index contributed by atoms with van der Waals surface area (Å²) in [5.41, 5.74) is 1.12. The minimum atomic E-state index is 0.232. The van der Waals surface area contributed by atoms with E-state index in [4.69, 9.17) is 18.0 Å². The Morgan fingerprint density at radius 2 is 2.29 bits per heavy atom. The topological polar surface area (TPSA) is 12.0 Å². The fraction of sp³-hybridized carbons (Fsp3) is 0.429. The second-order valence-electron chi connectivity index (χ2n) is 3.92. The van der Waals surface area contributed by atoms with Gasteiger partial charge in [-0.15, -0.1) is 12.3 Å². The molecule has 1 aromatic rings. The molecule has 1 rings (SSSR count). The van der Waals surface area contributed by atoms with Gasteiger partial charge in [0.1, 0.15) is 0 Å². The average Bonchev–Trinajstić information content (AvgIpc) is 2.33. The maximum atomic E-state index is 6.24. The zero-order valence-corrected chi connectivity index (χ0v) is 12.3. The van der Waals surface area contributed by atoms with Crippen molar-refractivity contribution >= 4 is 27.5 Å². The zero-order chi connectivity index (χ0) is 12.7. The SMILES string of the molecule is C#CCCC(NCCC)c1cc(Br)ccc1Cl. The molecule has 17 heavy (non-hydrogen) atoms. The van der Waals surface area contributed by atoms with Gasteiger partial charge in [0.2, 0.25) is 0 Å². The third-order valence-electron chi connectivity index (χ3n) is 2.55. The van der Waals surface area contributed by atoms with Crippen molar-refractivity contribution in [3.63, 3.8) is 0 Å². The van der Waals surface area contributed by atoms with Crippen molar-refractivity contribution < 1.29 is 0 Å². The fourth-order valence-corrected chi connectivity index (χ4v) is 2.32. The van der Waals surface area contributed by atoms with Gasteiger partial charge in [-0.3, -0.25) is 0 Å². The van der Waals surface area contributed by atoms with Gasteiger partial charge in [-0.1, -0.05) is 34.5 Å². The molecule has 3 heteroatoms. The fourth-order valence-electron chi connectivity index (χ4n) is 1.70. The number of nitrogens with one attached hydrogen (secondary N) is 1. The first-order valence-electron chi connectivity index (χ1n) is 5.80. The Kier molecular flexibility index (Phi) is 6.65. The summed E-state index contributed by atoms with van der Waals surface area (Å²) < 4.78 is 1.04. The molecule has 0 heterocycles. The maximum absolute atomic E-state index is 6.24. The largest absolute Gasteiger partial charge is 0.310 e. The van der Waals surface area contributed by atoms with Crippen LogP contribution in [0.25, 0.3) is 0 Å². The summed E-state index contributed by atoms with van der Waals surface area (Å²) in [6, 6.07) is 6.16. The molecule has 0 aromatic heterocycles. The lowest BCUT2D eigenvalue weighted by molar-refractivity contribution is 0.505. The van der Waals surface area contributed by atoms with Crippen LogP contribution in [0, 0.1) is 12.3 Å². The van der Waals surface area contributed by atoms with Crippen molar-refractivity contribution in [2.45, 2.75) is 32.2 Å². The highest BCUT2D eigenvalue weighted by Crippen LogP contribution is 2.29. The van der Waals surface area contributed by atoms with Crippen molar-refractivity contribution in [1.82, 2.24) is 5.32 Å². The Labute approximate surface area is 117 Å². The molecule has 1 aromatic carbocycles. The molecular formula is C14H17BrClN. The Bertz CT molecular complexity index is 398. The van der Waals surface area contributed by atoms with Crippen LogP contribution in [0.1, 0.15) is 37.8 Å². The molecule has 0 radical (unpaired) electrons. The summed E-state index contributed by atoms with van der Waals surface area (Å²) >= 11 is 9.71. The van der Waals surface area contributed by atoms with Crippen LogP contribution in [0.2, 0.25) is 5.02 Å². The molecule has 0 bridgehead atoms. The van der Waals surface area contributed by atoms with E-state index in [1.54, 1.807) is 0 Å². The smallest absolute Gasteiger partial charge is 0.0454 e. The molecule has 0 saturated heterocycles. The molecule has 0 amide bonds. The summed E-state index contributed by atoms with van der Waals surface area (Å²) in [5.74, 6) is 2.68. The molecule has 0 saturated carbocycles. The molecule has 0 aliphatic carbocycles. The number of hydrogen-bond acceptors (Lipinski definition) is 1. The third kappa shape index (κ3) is 4.71. The Morgan fingerprint density at radius 3 is 2.94 bits per heavy atom. The predicted octanol–water partition coefficient (Wildman–Crippen LogP) is 4.56. The van der Waals surface area contributed by atoms with Crippen LogP contribution in [-0.2, 0) is 0 Å². The van der Waals surface area contributed by atoms with E-state index in [0.29, 0.717) is 0 Å². The van der Waals surface area contributed by atoms with E-state index in [1.807, 2.05) is 12.1 Å². The first kappa shape index (κ1) is 14.6. The first-order valence-corrected chi connectivity index (χ1v) is 6.98. The van der Waals surface area contributed by atoms with Gasteiger partial charge in [0, 0.05) is 22.0 Å². The van der Waals surface area contributed by atoms with Crippen LogP contribution >= 0.6 is 27.5 Å². The van der Waals surface area contributed by atoms with Gasteiger partial charge in [0.25, 0.3) is 0 Å². The van der Waals surface area contributed by atoms with Gasteiger partial charge in [0.15, 0.2) is 0 Å². The molecule has 0 fully saturated rings. The van der Waals surface area contributed by atoms with E-state index in [2.05, 4.69) is 40.2 Å². The van der Waals surface area contributed by atoms with Gasteiger partial charge in [-0.2, -0.15) is 0 Å². The molecule has 0 aliphatic rings. The molecule has 0 aliphatic heterocycles. The van der Waals surface area contributed by atoms with Crippen molar-refractivity contribution in [1.29, 1.82) is 0 Å². The summed E-state index contributed by atoms with van der Waals surface area (Å²) in [6.45, 7) is 3.12. The van der Waals surface area contributed by atoms with E-state index in [9.17, 15) is 0 Å². The number of hydrogen-bond donors (Lipinski definition) is 1. The zero-order valence-electron chi connectivity index (χ0n) is 9.97. The minimum Gasteiger partial charge on any atom is -0.310 e. The summed E-state index contributed by atoms with van der Waals surface area (Å²) in [4.78, 5) is 0. The molecular weight excluding hydrogens is 298 g/mol. The normalized spacial score (nSPS) is 12.1. The monoisotopic (exact) mass is 313 g/mol. The van der Waals surface area contributed by atoms with Gasteiger partial charge < -0.3 is 5.32 Å². The lowest BCUT2D eigenvalue weighted by Crippen LogP contribution is -2.22. The number of halogens is 2. The van der Waals surface area contributed by atoms with Crippen LogP contribution < -0.4 is 5.32 Å². The standard InChI is InChI=1S/C14H17BrClN/c1-3-5-6-14(17-9-4-2)12-10-11(15)7-8-13(12)16/h1,7-8,10,14,17H,4-6,9H2,2H3. The summed E-state index contributed by atoms with van der Waals surface area (Å²) in [6.07, 6.45) is 8.09. The molecule has 1 atom stereocenters. The molecule has 0 spiro atoms. The number of rotatable bonds is 6. The Morgan fingerprint density at radius 1 is 1.53 bits per heavy atom. The average molecular weight is 315 g/mol. The van der Waals surface area contributed by atoms with E-state index in [0.717, 1.165) is 40.9 Å². The van der Waals surface area contributed by atoms with E-state index in [-0.39, 0.29) is 6.04 Å². The molecule has 1 nitrogen and oxygen atoms in total. The summed E-state index contributed by atoms with van der Waals surface area (Å²) in [7, 11) is 0. The van der Waals surface area contributed by atoms with E-state index in [1.165, 1.54) is 0 Å². The highest BCUT2D eigenvalue weighted by atomic mass is 79.9. The highest BCUT2D eigenvalue weighted by molar-refractivity contribution is 9.10. The van der Waals surface area contributed by atoms with Crippen LogP contribution in [0.4, 0.5) is 0 Å². The van der Waals surface area contributed by atoms with Gasteiger partial charge in [-0.25, -0.2) is 0 Å². The van der Waals surface area contributed by atoms with Gasteiger partial charge in [0.05, 0.1) is 0 Å². The molecule has 1 unspecified atom stereocenters. The first-order chi connectivity index (χ1) is 8.19. The van der Waals surface area contributed by atoms with Crippen molar-refractivity contribution in [2.24, 2.45) is 0 Å². The second kappa shape index (κ2) is 7.76. The number of terminal acetylenes is 1. The molecule has 92 valence electrons. The highest BCUT2D eigenvalue weighted by Gasteiger charge is 2.13. The lowest BCUT2D eigenvalue weighted by Gasteiger charge is -2.19. The van der Waals surface area contributed by atoms with Crippen LogP contribution in [-0.4, -0.2) is 6.54 Å². The predicted molar refractivity (Wildman–Crippen MR) is 78.3 cm³/mol. The van der Waals surface area contributed by atoms with Gasteiger partial charge >= 0.3 is 0 Å². The lowest BCUT2D eigenvalue weighted by atomic mass is 10.0. The molecule has 1 N–H and O–H groups in total. The maximum Gasteiger partial charge on any atom is 0.0454 e. The Hall–Kier alpha value is -0.490. The van der Waals surface area contributed by atoms with Crippen LogP contribution in [0.3, 0.4) is 0 Å². The minimum absolute atomic E-state index is 0.232. The van der Waals surface area contributed by atoms with Crippen molar-refractivity contribution in [2.75, 3.05) is 6.54 Å².